The Morgan fingerprint density at radius 1 is 1.08 bits per heavy atom. The minimum Gasteiger partial charge on any atom is -0.309 e. The number of halogens is 2. The predicted octanol–water partition coefficient (Wildman–Crippen LogP) is 4.72. The quantitative estimate of drug-likeness (QED) is 0.529. The Balaban J connectivity index is 2.09. The third-order valence-corrected chi connectivity index (χ3v) is 5.02. The van der Waals surface area contributed by atoms with Gasteiger partial charge in [0.2, 0.25) is 0 Å². The molecule has 5 heteroatoms. The molecule has 0 N–H and O–H groups in total. The van der Waals surface area contributed by atoms with Gasteiger partial charge in [-0.25, -0.2) is 0 Å². The van der Waals surface area contributed by atoms with E-state index in [1.807, 2.05) is 44.4 Å². The van der Waals surface area contributed by atoms with Gasteiger partial charge in [0, 0.05) is 28.1 Å². The van der Waals surface area contributed by atoms with Gasteiger partial charge < -0.3 is 4.90 Å². The first kappa shape index (κ1) is 15.7. The highest BCUT2D eigenvalue weighted by molar-refractivity contribution is 6.39. The number of likely N-dealkylation sites (N-methyl/N-ethyl adjacent to an activating group) is 1. The van der Waals surface area contributed by atoms with Crippen molar-refractivity contribution < 1.29 is 4.79 Å². The van der Waals surface area contributed by atoms with Crippen molar-refractivity contribution in [2.45, 2.75) is 6.42 Å². The maximum atomic E-state index is 13.0. The molecule has 0 aliphatic carbocycles. The molecule has 122 valence electrons. The van der Waals surface area contributed by atoms with Gasteiger partial charge in [0.1, 0.15) is 0 Å². The molecule has 4 rings (SSSR count). The topological polar surface area (TPSA) is 25.2 Å². The maximum Gasteiger partial charge on any atom is 0.263 e. The zero-order chi connectivity index (χ0) is 17.0. The third kappa shape index (κ3) is 2.20. The number of hydrogen-bond acceptors (Lipinski definition) is 2. The van der Waals surface area contributed by atoms with Gasteiger partial charge in [0.15, 0.2) is 0 Å². The van der Waals surface area contributed by atoms with Gasteiger partial charge in [-0.05, 0) is 44.3 Å². The first-order chi connectivity index (χ1) is 11.5. The van der Waals surface area contributed by atoms with E-state index in [1.54, 1.807) is 10.6 Å². The highest BCUT2D eigenvalue weighted by Crippen LogP contribution is 2.44. The second-order valence-electron chi connectivity index (χ2n) is 6.35. The van der Waals surface area contributed by atoms with Crippen LogP contribution in [-0.4, -0.2) is 36.0 Å². The molecule has 24 heavy (non-hydrogen) atoms. The van der Waals surface area contributed by atoms with Crippen LogP contribution in [0, 0.1) is 0 Å². The van der Waals surface area contributed by atoms with Crippen LogP contribution in [0.5, 0.6) is 0 Å². The van der Waals surface area contributed by atoms with Crippen molar-refractivity contribution in [3.63, 3.8) is 0 Å². The first-order valence-corrected chi connectivity index (χ1v) is 8.56. The average molecular weight is 359 g/mol. The molecule has 0 bridgehead atoms. The van der Waals surface area contributed by atoms with E-state index in [4.69, 9.17) is 23.2 Å². The van der Waals surface area contributed by atoms with Gasteiger partial charge >= 0.3 is 0 Å². The van der Waals surface area contributed by atoms with Gasteiger partial charge in [-0.1, -0.05) is 41.4 Å². The summed E-state index contributed by atoms with van der Waals surface area (Å²) in [6.45, 7) is 0.882. The highest BCUT2D eigenvalue weighted by Gasteiger charge is 2.32. The Hall–Kier alpha value is -1.81. The summed E-state index contributed by atoms with van der Waals surface area (Å²) < 4.78 is 1.75. The van der Waals surface area contributed by atoms with E-state index >= 15 is 0 Å². The van der Waals surface area contributed by atoms with Crippen molar-refractivity contribution in [3.05, 3.63) is 57.6 Å². The second-order valence-corrected chi connectivity index (χ2v) is 7.19. The molecule has 0 saturated carbocycles. The van der Waals surface area contributed by atoms with Crippen molar-refractivity contribution in [2.24, 2.45) is 0 Å². The summed E-state index contributed by atoms with van der Waals surface area (Å²) in [5.41, 5.74) is 4.54. The Bertz CT molecular complexity index is 989. The van der Waals surface area contributed by atoms with Gasteiger partial charge in [0.25, 0.3) is 5.91 Å². The van der Waals surface area contributed by atoms with E-state index in [-0.39, 0.29) is 5.91 Å². The SMILES string of the molecule is CN(C)CCc1c2n(c3c(Cl)cc(Cl)cc13)C(=O)c1ccccc1-2. The minimum absolute atomic E-state index is 0.0223. The van der Waals surface area contributed by atoms with Crippen LogP contribution in [0.3, 0.4) is 0 Å². The van der Waals surface area contributed by atoms with Crippen molar-refractivity contribution in [1.82, 2.24) is 9.47 Å². The molecule has 0 atom stereocenters. The second kappa shape index (κ2) is 5.62. The number of carbonyl (C=O) groups excluding carboxylic acids is 1. The van der Waals surface area contributed by atoms with Gasteiger partial charge in [0.05, 0.1) is 16.2 Å². The molecule has 1 aromatic heterocycles. The number of rotatable bonds is 3. The van der Waals surface area contributed by atoms with Gasteiger partial charge in [-0.3, -0.25) is 9.36 Å². The molecular formula is C19H16Cl2N2O. The summed E-state index contributed by atoms with van der Waals surface area (Å²) in [5.74, 6) is -0.0223. The lowest BCUT2D eigenvalue weighted by Gasteiger charge is -2.10. The zero-order valence-electron chi connectivity index (χ0n) is 13.4. The number of benzene rings is 2. The van der Waals surface area contributed by atoms with Crippen LogP contribution in [0.2, 0.25) is 10.0 Å². The molecule has 3 nitrogen and oxygen atoms in total. The molecule has 2 aromatic carbocycles. The molecule has 3 aromatic rings. The highest BCUT2D eigenvalue weighted by atomic mass is 35.5. The van der Waals surface area contributed by atoms with Crippen LogP contribution in [0.4, 0.5) is 0 Å². The Morgan fingerprint density at radius 2 is 1.79 bits per heavy atom. The molecule has 0 amide bonds. The largest absolute Gasteiger partial charge is 0.309 e. The van der Waals surface area contributed by atoms with Crippen molar-refractivity contribution in [3.8, 4) is 11.3 Å². The molecule has 0 spiro atoms. The molecule has 0 saturated heterocycles. The molecule has 1 aliphatic rings. The average Bonchev–Trinajstić information content (AvgIpc) is 3.00. The molecule has 0 radical (unpaired) electrons. The van der Waals surface area contributed by atoms with E-state index in [9.17, 15) is 4.79 Å². The standard InChI is InChI=1S/C19H16Cl2N2O/c1-22(2)8-7-13-15-9-11(20)10-16(21)18(15)23-17(13)12-5-3-4-6-14(12)19(23)24/h3-6,9-10H,7-8H2,1-2H3. The van der Waals surface area contributed by atoms with E-state index in [0.717, 1.165) is 46.3 Å². The van der Waals surface area contributed by atoms with Gasteiger partial charge in [-0.15, -0.1) is 0 Å². The summed E-state index contributed by atoms with van der Waals surface area (Å²) in [7, 11) is 4.08. The minimum atomic E-state index is -0.0223. The Morgan fingerprint density at radius 3 is 2.50 bits per heavy atom. The Labute approximate surface area is 150 Å². The van der Waals surface area contributed by atoms with Crippen molar-refractivity contribution in [1.29, 1.82) is 0 Å². The predicted molar refractivity (Wildman–Crippen MR) is 99.4 cm³/mol. The first-order valence-electron chi connectivity index (χ1n) is 7.80. The lowest BCUT2D eigenvalue weighted by Crippen LogP contribution is -2.15. The molecular weight excluding hydrogens is 343 g/mol. The van der Waals surface area contributed by atoms with Crippen LogP contribution in [0.1, 0.15) is 15.9 Å². The number of carbonyl (C=O) groups is 1. The molecule has 1 aliphatic heterocycles. The van der Waals surface area contributed by atoms with Crippen LogP contribution < -0.4 is 0 Å². The van der Waals surface area contributed by atoms with E-state index < -0.39 is 0 Å². The van der Waals surface area contributed by atoms with E-state index in [0.29, 0.717) is 10.0 Å². The Kier molecular flexibility index (Phi) is 3.68. The third-order valence-electron chi connectivity index (χ3n) is 4.51. The van der Waals surface area contributed by atoms with E-state index in [2.05, 4.69) is 4.90 Å². The van der Waals surface area contributed by atoms with Crippen molar-refractivity contribution in [2.75, 3.05) is 20.6 Å². The van der Waals surface area contributed by atoms with Crippen LogP contribution in [0.15, 0.2) is 36.4 Å². The lowest BCUT2D eigenvalue weighted by molar-refractivity contribution is 0.0973. The summed E-state index contributed by atoms with van der Waals surface area (Å²) in [4.78, 5) is 15.1. The number of hydrogen-bond donors (Lipinski definition) is 0. The summed E-state index contributed by atoms with van der Waals surface area (Å²) >= 11 is 12.7. The fourth-order valence-corrected chi connectivity index (χ4v) is 4.05. The summed E-state index contributed by atoms with van der Waals surface area (Å²) in [6, 6.07) is 11.3. The molecule has 2 heterocycles. The summed E-state index contributed by atoms with van der Waals surface area (Å²) in [5, 5.41) is 2.06. The maximum absolute atomic E-state index is 13.0. The lowest BCUT2D eigenvalue weighted by atomic mass is 10.00. The van der Waals surface area contributed by atoms with Crippen LogP contribution in [-0.2, 0) is 6.42 Å². The van der Waals surface area contributed by atoms with Crippen LogP contribution >= 0.6 is 23.2 Å². The fourth-order valence-electron chi connectivity index (χ4n) is 3.47. The van der Waals surface area contributed by atoms with E-state index in [1.165, 1.54) is 0 Å². The summed E-state index contributed by atoms with van der Waals surface area (Å²) in [6.07, 6.45) is 0.824. The number of nitrogens with zero attached hydrogens (tertiary/aromatic N) is 2. The smallest absolute Gasteiger partial charge is 0.263 e. The fraction of sp³-hybridized carbons (Fsp3) is 0.211. The van der Waals surface area contributed by atoms with Crippen molar-refractivity contribution >= 4 is 40.0 Å². The van der Waals surface area contributed by atoms with Crippen LogP contribution in [0.25, 0.3) is 22.2 Å². The normalized spacial score (nSPS) is 13.0. The molecule has 0 unspecified atom stereocenters. The number of aromatic nitrogens is 1. The zero-order valence-corrected chi connectivity index (χ0v) is 14.9. The monoisotopic (exact) mass is 358 g/mol. The van der Waals surface area contributed by atoms with Gasteiger partial charge in [-0.2, -0.15) is 0 Å². The number of fused-ring (bicyclic) bond motifs is 5. The molecule has 0 fully saturated rings.